The Bertz CT molecular complexity index is 733. The van der Waals surface area contributed by atoms with Gasteiger partial charge in [0.1, 0.15) is 11.8 Å². The fraction of sp³-hybridized carbons (Fsp3) is 0.550. The van der Waals surface area contributed by atoms with Gasteiger partial charge in [0.2, 0.25) is 5.91 Å². The van der Waals surface area contributed by atoms with Crippen LogP contribution in [0.15, 0.2) is 35.4 Å². The van der Waals surface area contributed by atoms with Crippen LogP contribution in [0.3, 0.4) is 0 Å². The van der Waals surface area contributed by atoms with Crippen molar-refractivity contribution in [3.05, 3.63) is 30.3 Å². The smallest absolute Gasteiger partial charge is 0.267 e. The zero-order valence-electron chi connectivity index (χ0n) is 16.6. The Morgan fingerprint density at radius 1 is 1.29 bits per heavy atom. The summed E-state index contributed by atoms with van der Waals surface area (Å²) in [6.45, 7) is 7.91. The summed E-state index contributed by atoms with van der Waals surface area (Å²) in [4.78, 5) is 27.0. The number of hydrazone groups is 1. The quantitative estimate of drug-likeness (QED) is 0.718. The minimum atomic E-state index is -0.653. The Morgan fingerprint density at radius 3 is 2.57 bits per heavy atom. The van der Waals surface area contributed by atoms with E-state index in [1.54, 1.807) is 0 Å². The number of nitrogens with zero attached hydrogens (tertiary/aromatic N) is 3. The van der Waals surface area contributed by atoms with Gasteiger partial charge in [-0.25, -0.2) is 0 Å². The largest absolute Gasteiger partial charge is 0.379 e. The van der Waals surface area contributed by atoms with Crippen molar-refractivity contribution in [2.24, 2.45) is 10.8 Å². The molecule has 1 saturated heterocycles. The lowest BCUT2D eigenvalue weighted by atomic mass is 9.95. The average molecular weight is 387 g/mol. The standard InChI is InChI=1S/C20H29N5O3/c1-3-20(2,24-9-11-28-12-10-24)14-22-19(27)16-13-17(18(21)26)25(23-16)15-7-5-4-6-8-15/h4-8,17H,3,9-14H2,1-2H3,(H2,21,26)(H,22,27)/t17-,20-/m0/s1. The second kappa shape index (κ2) is 8.70. The predicted molar refractivity (Wildman–Crippen MR) is 108 cm³/mol. The fourth-order valence-electron chi connectivity index (χ4n) is 3.62. The zero-order chi connectivity index (χ0) is 20.1. The van der Waals surface area contributed by atoms with Crippen molar-refractivity contribution in [3.63, 3.8) is 0 Å². The van der Waals surface area contributed by atoms with Crippen LogP contribution >= 0.6 is 0 Å². The van der Waals surface area contributed by atoms with Crippen molar-refractivity contribution in [1.29, 1.82) is 0 Å². The number of rotatable bonds is 7. The number of carbonyl (C=O) groups excluding carboxylic acids is 2. The van der Waals surface area contributed by atoms with Gasteiger partial charge < -0.3 is 15.8 Å². The number of benzene rings is 1. The summed E-state index contributed by atoms with van der Waals surface area (Å²) >= 11 is 0. The Hall–Kier alpha value is -2.45. The Morgan fingerprint density at radius 2 is 1.96 bits per heavy atom. The number of primary amides is 1. The molecular weight excluding hydrogens is 358 g/mol. The Kier molecular flexibility index (Phi) is 6.31. The zero-order valence-corrected chi connectivity index (χ0v) is 16.6. The molecule has 1 aromatic carbocycles. The molecule has 28 heavy (non-hydrogen) atoms. The van der Waals surface area contributed by atoms with Gasteiger partial charge in [0.05, 0.1) is 18.9 Å². The normalized spacial score (nSPS) is 22.4. The summed E-state index contributed by atoms with van der Waals surface area (Å²) < 4.78 is 5.44. The molecule has 0 spiro atoms. The van der Waals surface area contributed by atoms with Crippen LogP contribution in [0, 0.1) is 0 Å². The minimum absolute atomic E-state index is 0.152. The molecular formula is C20H29N5O3. The third-order valence-electron chi connectivity index (χ3n) is 5.69. The third-order valence-corrected chi connectivity index (χ3v) is 5.69. The van der Waals surface area contributed by atoms with E-state index in [0.717, 1.165) is 25.2 Å². The van der Waals surface area contributed by atoms with Gasteiger partial charge in [-0.1, -0.05) is 25.1 Å². The highest BCUT2D eigenvalue weighted by atomic mass is 16.5. The van der Waals surface area contributed by atoms with Gasteiger partial charge in [-0.2, -0.15) is 5.10 Å². The van der Waals surface area contributed by atoms with E-state index in [1.165, 1.54) is 5.01 Å². The first-order valence-corrected chi connectivity index (χ1v) is 9.76. The van der Waals surface area contributed by atoms with E-state index in [2.05, 4.69) is 29.2 Å². The molecule has 1 fully saturated rings. The molecule has 0 bridgehead atoms. The van der Waals surface area contributed by atoms with Crippen molar-refractivity contribution in [2.45, 2.75) is 38.3 Å². The summed E-state index contributed by atoms with van der Waals surface area (Å²) in [5.41, 5.74) is 6.46. The topological polar surface area (TPSA) is 100 Å². The monoisotopic (exact) mass is 387 g/mol. The van der Waals surface area contributed by atoms with Crippen LogP contribution in [0.2, 0.25) is 0 Å². The number of nitrogens with one attached hydrogen (secondary N) is 1. The summed E-state index contributed by atoms with van der Waals surface area (Å²) in [5.74, 6) is -0.750. The molecule has 2 heterocycles. The Labute approximate surface area is 165 Å². The van der Waals surface area contributed by atoms with Crippen molar-refractivity contribution < 1.29 is 14.3 Å². The van der Waals surface area contributed by atoms with Crippen LogP contribution in [0.4, 0.5) is 5.69 Å². The molecule has 8 nitrogen and oxygen atoms in total. The maximum Gasteiger partial charge on any atom is 0.267 e. The second-order valence-corrected chi connectivity index (χ2v) is 7.48. The highest BCUT2D eigenvalue weighted by molar-refractivity contribution is 6.40. The van der Waals surface area contributed by atoms with Crippen LogP contribution in [-0.2, 0) is 14.3 Å². The van der Waals surface area contributed by atoms with Gasteiger partial charge in [0.25, 0.3) is 5.91 Å². The van der Waals surface area contributed by atoms with E-state index in [1.807, 2.05) is 30.3 Å². The molecule has 3 rings (SSSR count). The first kappa shape index (κ1) is 20.3. The Balaban J connectivity index is 1.68. The van der Waals surface area contributed by atoms with Gasteiger partial charge in [0, 0.05) is 31.6 Å². The minimum Gasteiger partial charge on any atom is -0.379 e. The van der Waals surface area contributed by atoms with Crippen molar-refractivity contribution in [2.75, 3.05) is 37.9 Å². The van der Waals surface area contributed by atoms with Crippen LogP contribution in [0.1, 0.15) is 26.7 Å². The molecule has 0 aromatic heterocycles. The van der Waals surface area contributed by atoms with Crippen LogP contribution in [-0.4, -0.2) is 66.9 Å². The molecule has 1 aromatic rings. The summed E-state index contributed by atoms with van der Waals surface area (Å²) in [5, 5.41) is 8.96. The summed E-state index contributed by atoms with van der Waals surface area (Å²) in [6.07, 6.45) is 1.11. The second-order valence-electron chi connectivity index (χ2n) is 7.48. The lowest BCUT2D eigenvalue weighted by molar-refractivity contribution is -0.119. The van der Waals surface area contributed by atoms with Crippen LogP contribution < -0.4 is 16.1 Å². The molecule has 152 valence electrons. The maximum atomic E-state index is 12.8. The highest BCUT2D eigenvalue weighted by Crippen LogP contribution is 2.25. The van der Waals surface area contributed by atoms with Crippen molar-refractivity contribution in [1.82, 2.24) is 10.2 Å². The molecule has 8 heteroatoms. The molecule has 2 aliphatic rings. The molecule has 0 saturated carbocycles. The number of morpholine rings is 1. The van der Waals surface area contributed by atoms with E-state index in [9.17, 15) is 9.59 Å². The van der Waals surface area contributed by atoms with Gasteiger partial charge >= 0.3 is 0 Å². The highest BCUT2D eigenvalue weighted by Gasteiger charge is 2.36. The maximum absolute atomic E-state index is 12.8. The van der Waals surface area contributed by atoms with Gasteiger partial charge in [0.15, 0.2) is 0 Å². The van der Waals surface area contributed by atoms with Gasteiger partial charge in [-0.05, 0) is 25.5 Å². The first-order chi connectivity index (χ1) is 13.4. The first-order valence-electron chi connectivity index (χ1n) is 9.76. The molecule has 0 aliphatic carbocycles. The van der Waals surface area contributed by atoms with E-state index in [0.29, 0.717) is 25.5 Å². The van der Waals surface area contributed by atoms with Crippen molar-refractivity contribution in [3.8, 4) is 0 Å². The number of hydrogen-bond acceptors (Lipinski definition) is 6. The van der Waals surface area contributed by atoms with Gasteiger partial charge in [-0.15, -0.1) is 0 Å². The van der Waals surface area contributed by atoms with Crippen LogP contribution in [0.5, 0.6) is 0 Å². The number of ether oxygens (including phenoxy) is 1. The third kappa shape index (κ3) is 4.34. The molecule has 3 N–H and O–H groups in total. The predicted octanol–water partition coefficient (Wildman–Crippen LogP) is 0.724. The SMILES string of the molecule is CC[C@@](C)(CNC(=O)C1=NN(c2ccccc2)[C@H](C(N)=O)C1)N1CCOCC1. The fourth-order valence-corrected chi connectivity index (χ4v) is 3.62. The molecule has 2 amide bonds. The van der Waals surface area contributed by atoms with E-state index < -0.39 is 11.9 Å². The van der Waals surface area contributed by atoms with Crippen LogP contribution in [0.25, 0.3) is 0 Å². The number of amides is 2. The van der Waals surface area contributed by atoms with E-state index in [4.69, 9.17) is 10.5 Å². The summed E-state index contributed by atoms with van der Waals surface area (Å²) in [7, 11) is 0. The van der Waals surface area contributed by atoms with E-state index >= 15 is 0 Å². The van der Waals surface area contributed by atoms with E-state index in [-0.39, 0.29) is 17.9 Å². The summed E-state index contributed by atoms with van der Waals surface area (Å²) in [6, 6.07) is 8.62. The molecule has 2 atom stereocenters. The number of carbonyl (C=O) groups is 2. The number of para-hydroxylation sites is 1. The number of hydrogen-bond donors (Lipinski definition) is 2. The lowest BCUT2D eigenvalue weighted by Gasteiger charge is -2.43. The van der Waals surface area contributed by atoms with Crippen molar-refractivity contribution >= 4 is 23.2 Å². The average Bonchev–Trinajstić information content (AvgIpc) is 3.19. The number of anilines is 1. The van der Waals surface area contributed by atoms with Gasteiger partial charge in [-0.3, -0.25) is 19.5 Å². The molecule has 2 aliphatic heterocycles. The number of nitrogens with two attached hydrogens (primary N) is 1. The lowest BCUT2D eigenvalue weighted by Crippen LogP contribution is -2.57. The molecule has 0 radical (unpaired) electrons. The molecule has 0 unspecified atom stereocenters.